The van der Waals surface area contributed by atoms with Crippen LogP contribution in [0.1, 0.15) is 19.3 Å². The van der Waals surface area contributed by atoms with E-state index < -0.39 is 17.9 Å². The second kappa shape index (κ2) is 6.75. The average Bonchev–Trinajstić information content (AvgIpc) is 2.46. The van der Waals surface area contributed by atoms with Crippen LogP contribution in [0.15, 0.2) is 0 Å². The lowest BCUT2D eigenvalue weighted by Gasteiger charge is -2.40. The number of likely N-dealkylation sites (tertiary alicyclic amines) is 1. The van der Waals surface area contributed by atoms with E-state index in [-0.39, 0.29) is 12.6 Å². The molecule has 0 aliphatic carbocycles. The van der Waals surface area contributed by atoms with E-state index in [2.05, 4.69) is 0 Å². The van der Waals surface area contributed by atoms with Crippen molar-refractivity contribution in [1.82, 2.24) is 14.7 Å². The predicted molar refractivity (Wildman–Crippen MR) is 74.6 cm³/mol. The number of amides is 3. The van der Waals surface area contributed by atoms with Gasteiger partial charge in [0.05, 0.1) is 6.54 Å². The van der Waals surface area contributed by atoms with E-state index in [9.17, 15) is 14.4 Å². The number of nitrogens with zero attached hydrogens (tertiary/aromatic N) is 3. The maximum absolute atomic E-state index is 12.5. The van der Waals surface area contributed by atoms with Gasteiger partial charge in [0, 0.05) is 32.7 Å². The maximum Gasteiger partial charge on any atom is 0.320 e. The monoisotopic (exact) mass is 298 g/mol. The van der Waals surface area contributed by atoms with Crippen LogP contribution in [0.2, 0.25) is 0 Å². The predicted octanol–water partition coefficient (Wildman–Crippen LogP) is -0.852. The molecule has 1 unspecified atom stereocenters. The smallest absolute Gasteiger partial charge is 0.320 e. The minimum absolute atomic E-state index is 0.00431. The number of nitrogens with two attached hydrogens (primary N) is 1. The molecule has 8 heteroatoms. The first-order valence-electron chi connectivity index (χ1n) is 7.28. The molecule has 0 bridgehead atoms. The Kier molecular flexibility index (Phi) is 5.00. The molecule has 8 nitrogen and oxygen atoms in total. The molecular formula is C13H22N4O4. The number of urea groups is 1. The van der Waals surface area contributed by atoms with Crippen LogP contribution in [0.5, 0.6) is 0 Å². The summed E-state index contributed by atoms with van der Waals surface area (Å²) in [6, 6.07) is -0.670. The lowest BCUT2D eigenvalue weighted by molar-refractivity contribution is -0.138. The van der Waals surface area contributed by atoms with Crippen molar-refractivity contribution in [2.45, 2.75) is 25.3 Å². The largest absolute Gasteiger partial charge is 0.480 e. The Labute approximate surface area is 123 Å². The molecule has 1 atom stereocenters. The molecule has 2 fully saturated rings. The molecule has 0 radical (unpaired) electrons. The van der Waals surface area contributed by atoms with Gasteiger partial charge in [-0.3, -0.25) is 14.5 Å². The van der Waals surface area contributed by atoms with Crippen LogP contribution in [-0.2, 0) is 9.59 Å². The third kappa shape index (κ3) is 3.84. The third-order valence-corrected chi connectivity index (χ3v) is 4.08. The van der Waals surface area contributed by atoms with E-state index >= 15 is 0 Å². The summed E-state index contributed by atoms with van der Waals surface area (Å²) in [6.45, 7) is 2.58. The fourth-order valence-corrected chi connectivity index (χ4v) is 2.93. The molecule has 2 rings (SSSR count). The van der Waals surface area contributed by atoms with Crippen LogP contribution < -0.4 is 5.73 Å². The van der Waals surface area contributed by atoms with E-state index in [0.29, 0.717) is 39.1 Å². The van der Waals surface area contributed by atoms with Crippen LogP contribution in [0.4, 0.5) is 4.79 Å². The molecule has 0 saturated carbocycles. The highest BCUT2D eigenvalue weighted by molar-refractivity contribution is 5.86. The van der Waals surface area contributed by atoms with Gasteiger partial charge in [0.15, 0.2) is 0 Å². The topological polar surface area (TPSA) is 107 Å². The Morgan fingerprint density at radius 3 is 2.29 bits per heavy atom. The summed E-state index contributed by atoms with van der Waals surface area (Å²) in [5.74, 6) is -1.31. The van der Waals surface area contributed by atoms with Gasteiger partial charge in [0.2, 0.25) is 5.91 Å². The fraction of sp³-hybridized carbons (Fsp3) is 0.769. The molecular weight excluding hydrogens is 276 g/mol. The summed E-state index contributed by atoms with van der Waals surface area (Å²) in [5.41, 5.74) is 5.38. The summed E-state index contributed by atoms with van der Waals surface area (Å²) in [4.78, 5) is 39.7. The summed E-state index contributed by atoms with van der Waals surface area (Å²) in [5, 5.41) is 8.76. The molecule has 118 valence electrons. The maximum atomic E-state index is 12.5. The zero-order valence-corrected chi connectivity index (χ0v) is 12.0. The Morgan fingerprint density at radius 1 is 1.05 bits per heavy atom. The SMILES string of the molecule is NC(=O)C1CCCCN1C(=O)N1CCN(CC(=O)O)CC1. The van der Waals surface area contributed by atoms with Crippen molar-refractivity contribution in [3.05, 3.63) is 0 Å². The van der Waals surface area contributed by atoms with Crippen molar-refractivity contribution in [1.29, 1.82) is 0 Å². The molecule has 2 aliphatic heterocycles. The molecule has 0 aromatic heterocycles. The van der Waals surface area contributed by atoms with Crippen LogP contribution >= 0.6 is 0 Å². The number of piperidine rings is 1. The van der Waals surface area contributed by atoms with Gasteiger partial charge in [-0.25, -0.2) is 4.79 Å². The Balaban J connectivity index is 1.91. The third-order valence-electron chi connectivity index (χ3n) is 4.08. The highest BCUT2D eigenvalue weighted by Crippen LogP contribution is 2.19. The van der Waals surface area contributed by atoms with Crippen LogP contribution in [0.3, 0.4) is 0 Å². The van der Waals surface area contributed by atoms with Gasteiger partial charge in [-0.15, -0.1) is 0 Å². The zero-order chi connectivity index (χ0) is 15.4. The van der Waals surface area contributed by atoms with E-state index in [4.69, 9.17) is 10.8 Å². The van der Waals surface area contributed by atoms with E-state index in [1.54, 1.807) is 14.7 Å². The quantitative estimate of drug-likeness (QED) is 0.705. The van der Waals surface area contributed by atoms with E-state index in [1.165, 1.54) is 0 Å². The minimum Gasteiger partial charge on any atom is -0.480 e. The van der Waals surface area contributed by atoms with Gasteiger partial charge in [-0.05, 0) is 19.3 Å². The normalized spacial score (nSPS) is 23.9. The van der Waals surface area contributed by atoms with Crippen LogP contribution in [-0.4, -0.2) is 83.0 Å². The number of carboxylic acid groups (broad SMARTS) is 1. The number of hydrogen-bond acceptors (Lipinski definition) is 4. The number of aliphatic carboxylic acids is 1. The van der Waals surface area contributed by atoms with Crippen LogP contribution in [0.25, 0.3) is 0 Å². The standard InChI is InChI=1S/C13H22N4O4/c14-12(20)10-3-1-2-4-17(10)13(21)16-7-5-15(6-8-16)9-11(18)19/h10H,1-9H2,(H2,14,20)(H,18,19). The van der Waals surface area contributed by atoms with Gasteiger partial charge in [-0.2, -0.15) is 0 Å². The lowest BCUT2D eigenvalue weighted by atomic mass is 10.0. The first-order valence-corrected chi connectivity index (χ1v) is 7.28. The molecule has 0 aromatic carbocycles. The molecule has 3 N–H and O–H groups in total. The van der Waals surface area contributed by atoms with Crippen molar-refractivity contribution in [2.75, 3.05) is 39.3 Å². The summed E-state index contributed by atoms with van der Waals surface area (Å²) in [7, 11) is 0. The molecule has 2 aliphatic rings. The van der Waals surface area contributed by atoms with Crippen molar-refractivity contribution in [3.8, 4) is 0 Å². The number of primary amides is 1. The zero-order valence-electron chi connectivity index (χ0n) is 12.0. The highest BCUT2D eigenvalue weighted by atomic mass is 16.4. The van der Waals surface area contributed by atoms with Crippen molar-refractivity contribution in [3.63, 3.8) is 0 Å². The van der Waals surface area contributed by atoms with E-state index in [1.807, 2.05) is 0 Å². The Hall–Kier alpha value is -1.83. The molecule has 0 aromatic rings. The van der Waals surface area contributed by atoms with Crippen molar-refractivity contribution >= 4 is 17.9 Å². The van der Waals surface area contributed by atoms with E-state index in [0.717, 1.165) is 12.8 Å². The van der Waals surface area contributed by atoms with Gasteiger partial charge in [0.1, 0.15) is 6.04 Å². The summed E-state index contributed by atoms with van der Waals surface area (Å²) >= 11 is 0. The van der Waals surface area contributed by atoms with Crippen LogP contribution in [0, 0.1) is 0 Å². The molecule has 3 amide bonds. The van der Waals surface area contributed by atoms with Crippen molar-refractivity contribution in [2.24, 2.45) is 5.73 Å². The number of piperazine rings is 1. The van der Waals surface area contributed by atoms with Gasteiger partial charge < -0.3 is 20.6 Å². The van der Waals surface area contributed by atoms with Crippen molar-refractivity contribution < 1.29 is 19.5 Å². The molecule has 0 spiro atoms. The number of hydrogen-bond donors (Lipinski definition) is 2. The number of rotatable bonds is 3. The number of carboxylic acids is 1. The molecule has 2 saturated heterocycles. The Morgan fingerprint density at radius 2 is 1.71 bits per heavy atom. The lowest BCUT2D eigenvalue weighted by Crippen LogP contribution is -2.58. The van der Waals surface area contributed by atoms with Gasteiger partial charge in [0.25, 0.3) is 0 Å². The molecule has 21 heavy (non-hydrogen) atoms. The summed E-state index contributed by atoms with van der Waals surface area (Å²) in [6.07, 6.45) is 2.42. The minimum atomic E-state index is -0.861. The van der Waals surface area contributed by atoms with Gasteiger partial charge in [-0.1, -0.05) is 0 Å². The highest BCUT2D eigenvalue weighted by Gasteiger charge is 2.34. The summed E-state index contributed by atoms with van der Waals surface area (Å²) < 4.78 is 0. The average molecular weight is 298 g/mol. The number of carbonyl (C=O) groups is 3. The van der Waals surface area contributed by atoms with Gasteiger partial charge >= 0.3 is 12.0 Å². The Bertz CT molecular complexity index is 420. The second-order valence-electron chi connectivity index (χ2n) is 5.55. The first-order chi connectivity index (χ1) is 9.99. The fourth-order valence-electron chi connectivity index (χ4n) is 2.93. The molecule has 2 heterocycles. The first kappa shape index (κ1) is 15.6. The second-order valence-corrected chi connectivity index (χ2v) is 5.55. The number of carbonyl (C=O) groups excluding carboxylic acids is 2.